The Balaban J connectivity index is 2.33. The number of rotatable bonds is 4. The number of ether oxygens (including phenoxy) is 1. The van der Waals surface area contributed by atoms with Crippen LogP contribution in [0.15, 0.2) is 11.4 Å². The fraction of sp³-hybridized carbons (Fsp3) is 0.462. The molecule has 0 aliphatic carbocycles. The fourth-order valence-electron chi connectivity index (χ4n) is 1.71. The molecule has 0 saturated carbocycles. The second kappa shape index (κ2) is 5.88. The summed E-state index contributed by atoms with van der Waals surface area (Å²) in [4.78, 5) is 22.5. The van der Waals surface area contributed by atoms with Crippen molar-refractivity contribution in [1.82, 2.24) is 9.97 Å². The van der Waals surface area contributed by atoms with Gasteiger partial charge in [-0.2, -0.15) is 0 Å². The summed E-state index contributed by atoms with van der Waals surface area (Å²) in [6.45, 7) is 8.19. The smallest absolute Gasteiger partial charge is 0.319 e. The number of hydrogen-bond donors (Lipinski definition) is 0. The third kappa shape index (κ3) is 2.90. The Kier molecular flexibility index (Phi) is 4.42. The molecule has 0 amide bonds. The Morgan fingerprint density at radius 1 is 1.47 bits per heavy atom. The molecule has 2 aromatic heterocycles. The Morgan fingerprint density at radius 2 is 2.21 bits per heavy atom. The van der Waals surface area contributed by atoms with Crippen LogP contribution < -0.4 is 0 Å². The molecule has 102 valence electrons. The van der Waals surface area contributed by atoms with Crippen LogP contribution in [0.5, 0.6) is 0 Å². The number of hydrogen-bond acceptors (Lipinski definition) is 6. The Morgan fingerprint density at radius 3 is 2.89 bits per heavy atom. The molecule has 0 saturated heterocycles. The first kappa shape index (κ1) is 14.3. The summed E-state index contributed by atoms with van der Waals surface area (Å²) in [6, 6.07) is 0. The molecule has 0 unspecified atom stereocenters. The van der Waals surface area contributed by atoms with Crippen molar-refractivity contribution in [3.05, 3.63) is 16.8 Å². The van der Waals surface area contributed by atoms with E-state index in [0.29, 0.717) is 6.61 Å². The van der Waals surface area contributed by atoms with Crippen molar-refractivity contribution in [2.24, 2.45) is 0 Å². The van der Waals surface area contributed by atoms with Gasteiger partial charge < -0.3 is 4.74 Å². The van der Waals surface area contributed by atoms with Crippen LogP contribution >= 0.6 is 23.1 Å². The molecule has 0 aromatic carbocycles. The van der Waals surface area contributed by atoms with Crippen LogP contribution in [0.3, 0.4) is 0 Å². The zero-order valence-electron chi connectivity index (χ0n) is 11.4. The molecular weight excluding hydrogens is 280 g/mol. The lowest BCUT2D eigenvalue weighted by Crippen LogP contribution is -2.16. The molecule has 2 rings (SSSR count). The first-order chi connectivity index (χ1) is 9.04. The molecular formula is C13H16N2O2S2. The van der Waals surface area contributed by atoms with Crippen molar-refractivity contribution < 1.29 is 9.53 Å². The van der Waals surface area contributed by atoms with Crippen LogP contribution in [0.25, 0.3) is 10.2 Å². The molecule has 0 N–H and O–H groups in total. The van der Waals surface area contributed by atoms with Gasteiger partial charge in [0, 0.05) is 10.3 Å². The molecule has 4 nitrogen and oxygen atoms in total. The van der Waals surface area contributed by atoms with Gasteiger partial charge in [-0.25, -0.2) is 9.97 Å². The molecule has 0 aliphatic rings. The van der Waals surface area contributed by atoms with E-state index >= 15 is 0 Å². The Hall–Kier alpha value is -1.14. The summed E-state index contributed by atoms with van der Waals surface area (Å²) < 4.78 is 5.02. The molecule has 1 atom stereocenters. The van der Waals surface area contributed by atoms with Gasteiger partial charge in [0.15, 0.2) is 0 Å². The van der Waals surface area contributed by atoms with E-state index in [9.17, 15) is 4.79 Å². The lowest BCUT2D eigenvalue weighted by Gasteiger charge is -2.10. The van der Waals surface area contributed by atoms with Gasteiger partial charge in [-0.1, -0.05) is 11.8 Å². The minimum Gasteiger partial charge on any atom is -0.465 e. The molecule has 2 heterocycles. The van der Waals surface area contributed by atoms with Gasteiger partial charge >= 0.3 is 5.97 Å². The zero-order valence-corrected chi connectivity index (χ0v) is 13.0. The largest absolute Gasteiger partial charge is 0.465 e. The third-order valence-electron chi connectivity index (χ3n) is 2.84. The van der Waals surface area contributed by atoms with E-state index in [0.717, 1.165) is 15.2 Å². The normalized spacial score (nSPS) is 12.6. The predicted octanol–water partition coefficient (Wildman–Crippen LogP) is 3.35. The number of fused-ring (bicyclic) bond motifs is 1. The number of thioether (sulfide) groups is 1. The standard InChI is InChI=1S/C13H16N2O2S2/c1-5-17-13(16)9(4)19-12-10-7(2)8(3)18-11(10)14-6-15-12/h6,9H,5H2,1-4H3/t9-/m0/s1. The lowest BCUT2D eigenvalue weighted by molar-refractivity contribution is -0.142. The van der Waals surface area contributed by atoms with Crippen LogP contribution in [0.1, 0.15) is 24.3 Å². The van der Waals surface area contributed by atoms with Gasteiger partial charge in [-0.05, 0) is 33.3 Å². The number of aromatic nitrogens is 2. The molecule has 19 heavy (non-hydrogen) atoms. The third-order valence-corrected chi connectivity index (χ3v) is 5.03. The Bertz CT molecular complexity index is 610. The minimum absolute atomic E-state index is 0.205. The lowest BCUT2D eigenvalue weighted by atomic mass is 10.2. The molecule has 6 heteroatoms. The predicted molar refractivity (Wildman–Crippen MR) is 78.8 cm³/mol. The van der Waals surface area contributed by atoms with Crippen molar-refractivity contribution in [3.63, 3.8) is 0 Å². The van der Waals surface area contributed by atoms with E-state index in [1.54, 1.807) is 17.7 Å². The van der Waals surface area contributed by atoms with Crippen molar-refractivity contribution in [3.8, 4) is 0 Å². The van der Waals surface area contributed by atoms with E-state index in [1.165, 1.54) is 22.2 Å². The van der Waals surface area contributed by atoms with Gasteiger partial charge in [0.25, 0.3) is 0 Å². The highest BCUT2D eigenvalue weighted by Gasteiger charge is 2.19. The summed E-state index contributed by atoms with van der Waals surface area (Å²) in [7, 11) is 0. The van der Waals surface area contributed by atoms with Gasteiger partial charge in [0.05, 0.1) is 6.61 Å². The average molecular weight is 296 g/mol. The van der Waals surface area contributed by atoms with Crippen LogP contribution in [0.4, 0.5) is 0 Å². The maximum atomic E-state index is 11.7. The topological polar surface area (TPSA) is 52.1 Å². The van der Waals surface area contributed by atoms with Crippen molar-refractivity contribution in [2.75, 3.05) is 6.61 Å². The Labute approximate surface area is 120 Å². The highest BCUT2D eigenvalue weighted by atomic mass is 32.2. The second-order valence-corrected chi connectivity index (χ2v) is 6.69. The maximum Gasteiger partial charge on any atom is 0.319 e. The monoisotopic (exact) mass is 296 g/mol. The van der Waals surface area contributed by atoms with Crippen LogP contribution in [-0.2, 0) is 9.53 Å². The number of thiophene rings is 1. The summed E-state index contributed by atoms with van der Waals surface area (Å²) >= 11 is 3.09. The first-order valence-corrected chi connectivity index (χ1v) is 7.78. The molecule has 0 radical (unpaired) electrons. The van der Waals surface area contributed by atoms with E-state index in [2.05, 4.69) is 23.8 Å². The molecule has 0 fully saturated rings. The van der Waals surface area contributed by atoms with E-state index in [4.69, 9.17) is 4.74 Å². The number of aryl methyl sites for hydroxylation is 2. The quantitative estimate of drug-likeness (QED) is 0.492. The van der Waals surface area contributed by atoms with Crippen molar-refractivity contribution >= 4 is 39.3 Å². The number of esters is 1. The second-order valence-electron chi connectivity index (χ2n) is 4.15. The van der Waals surface area contributed by atoms with Crippen molar-refractivity contribution in [1.29, 1.82) is 0 Å². The summed E-state index contributed by atoms with van der Waals surface area (Å²) in [5.41, 5.74) is 1.19. The minimum atomic E-state index is -0.266. The van der Waals surface area contributed by atoms with E-state index < -0.39 is 0 Å². The number of carbonyl (C=O) groups excluding carboxylic acids is 1. The number of nitrogens with zero attached hydrogens (tertiary/aromatic N) is 2. The maximum absolute atomic E-state index is 11.7. The highest BCUT2D eigenvalue weighted by Crippen LogP contribution is 2.35. The molecule has 0 aliphatic heterocycles. The van der Waals surface area contributed by atoms with E-state index in [1.807, 2.05) is 13.8 Å². The van der Waals surface area contributed by atoms with Gasteiger partial charge in [0.1, 0.15) is 21.4 Å². The molecule has 2 aromatic rings. The summed E-state index contributed by atoms with van der Waals surface area (Å²) in [6.07, 6.45) is 1.55. The molecule has 0 bridgehead atoms. The fourth-order valence-corrected chi connectivity index (χ4v) is 3.75. The summed E-state index contributed by atoms with van der Waals surface area (Å²) in [5, 5.41) is 1.65. The molecule has 0 spiro atoms. The first-order valence-electron chi connectivity index (χ1n) is 6.08. The average Bonchev–Trinajstić information content (AvgIpc) is 2.66. The number of carbonyl (C=O) groups is 1. The van der Waals surface area contributed by atoms with E-state index in [-0.39, 0.29) is 11.2 Å². The van der Waals surface area contributed by atoms with Crippen LogP contribution in [0, 0.1) is 13.8 Å². The van der Waals surface area contributed by atoms with Crippen LogP contribution in [0.2, 0.25) is 0 Å². The summed E-state index contributed by atoms with van der Waals surface area (Å²) in [5.74, 6) is -0.205. The van der Waals surface area contributed by atoms with Gasteiger partial charge in [0.2, 0.25) is 0 Å². The van der Waals surface area contributed by atoms with Gasteiger partial charge in [-0.3, -0.25) is 4.79 Å². The van der Waals surface area contributed by atoms with Crippen molar-refractivity contribution in [2.45, 2.75) is 38.0 Å². The van der Waals surface area contributed by atoms with Gasteiger partial charge in [-0.15, -0.1) is 11.3 Å². The zero-order chi connectivity index (χ0) is 14.0. The van der Waals surface area contributed by atoms with Crippen LogP contribution in [-0.4, -0.2) is 27.8 Å². The SMILES string of the molecule is CCOC(=O)[C@H](C)Sc1ncnc2sc(C)c(C)c12. The highest BCUT2D eigenvalue weighted by molar-refractivity contribution is 8.00.